The van der Waals surface area contributed by atoms with Crippen LogP contribution < -0.4 is 9.64 Å². The minimum atomic E-state index is 0.597. The van der Waals surface area contributed by atoms with Crippen LogP contribution in [0.2, 0.25) is 0 Å². The van der Waals surface area contributed by atoms with E-state index in [9.17, 15) is 0 Å². The molecular weight excluding hydrogens is 703 g/mol. The highest BCUT2D eigenvalue weighted by atomic mass is 32.1. The van der Waals surface area contributed by atoms with Gasteiger partial charge in [0.25, 0.3) is 0 Å². The number of aromatic nitrogens is 4. The highest BCUT2D eigenvalue weighted by molar-refractivity contribution is 7.00. The van der Waals surface area contributed by atoms with Gasteiger partial charge in [0.2, 0.25) is 0 Å². The Kier molecular flexibility index (Phi) is 9.54. The molecule has 0 aliphatic carbocycles. The molecule has 54 heavy (non-hydrogen) atoms. The van der Waals surface area contributed by atoms with Crippen LogP contribution in [0.25, 0.3) is 61.8 Å². The van der Waals surface area contributed by atoms with E-state index in [-0.39, 0.29) is 0 Å². The second-order valence-corrected chi connectivity index (χ2v) is 13.2. The van der Waals surface area contributed by atoms with E-state index >= 15 is 0 Å². The summed E-state index contributed by atoms with van der Waals surface area (Å²) < 4.78 is 24.4. The number of hydrogen-bond donors (Lipinski definition) is 0. The third-order valence-electron chi connectivity index (χ3n) is 8.82. The van der Waals surface area contributed by atoms with Crippen LogP contribution in [0, 0.1) is 55.0 Å². The Balaban J connectivity index is 1.19. The average Bonchev–Trinajstić information content (AvgIpc) is 3.91. The van der Waals surface area contributed by atoms with E-state index in [1.165, 1.54) is 29.0 Å². The summed E-state index contributed by atoms with van der Waals surface area (Å²) in [6.45, 7) is 4.09. The molecule has 0 bridgehead atoms. The largest absolute Gasteiger partial charge is 0.407 e. The molecule has 0 unspecified atom stereocenters. The number of rotatable bonds is 7. The van der Waals surface area contributed by atoms with E-state index in [0.29, 0.717) is 5.75 Å². The SMILES string of the molecule is C#CC#CC#CC#COc1ccc(N(c2ccc(C)cc2)c2ccc(C=Cc3cc4c(cc(C=CC)c5nsnc54)c4nsnc34)c3ccccc23)cc1. The van der Waals surface area contributed by atoms with Gasteiger partial charge in [0.1, 0.15) is 33.9 Å². The fraction of sp³-hybridized carbons (Fsp3) is 0.0435. The first-order valence-corrected chi connectivity index (χ1v) is 18.3. The van der Waals surface area contributed by atoms with E-state index in [1.54, 1.807) is 0 Å². The Morgan fingerprint density at radius 2 is 1.17 bits per heavy atom. The Labute approximate surface area is 321 Å². The molecule has 0 aliphatic rings. The van der Waals surface area contributed by atoms with Crippen LogP contribution in [0.4, 0.5) is 17.1 Å². The first kappa shape index (κ1) is 33.9. The van der Waals surface area contributed by atoms with Crippen molar-refractivity contribution in [3.8, 4) is 53.8 Å². The van der Waals surface area contributed by atoms with Crippen molar-refractivity contribution < 1.29 is 4.74 Å². The van der Waals surface area contributed by atoms with Gasteiger partial charge in [-0.15, -0.1) is 6.42 Å². The topological polar surface area (TPSA) is 64.0 Å². The van der Waals surface area contributed by atoms with Gasteiger partial charge in [-0.2, -0.15) is 17.5 Å². The van der Waals surface area contributed by atoms with Gasteiger partial charge < -0.3 is 9.64 Å². The number of nitrogens with zero attached hydrogens (tertiary/aromatic N) is 5. The monoisotopic (exact) mass is 729 g/mol. The summed E-state index contributed by atoms with van der Waals surface area (Å²) >= 11 is 2.45. The summed E-state index contributed by atoms with van der Waals surface area (Å²) in [6.07, 6.45) is 16.1. The van der Waals surface area contributed by atoms with Gasteiger partial charge in [0.15, 0.2) is 0 Å². The van der Waals surface area contributed by atoms with Gasteiger partial charge in [-0.3, -0.25) is 0 Å². The number of anilines is 3. The van der Waals surface area contributed by atoms with Crippen LogP contribution in [0.15, 0.2) is 103 Å². The molecule has 0 N–H and O–H groups in total. The molecule has 2 heterocycles. The molecule has 254 valence electrons. The Hall–Kier alpha value is -7.20. The predicted octanol–water partition coefficient (Wildman–Crippen LogP) is 11.0. The number of aryl methyl sites for hydroxylation is 1. The van der Waals surface area contributed by atoms with Gasteiger partial charge in [-0.1, -0.05) is 72.3 Å². The fourth-order valence-electron chi connectivity index (χ4n) is 6.39. The molecule has 0 saturated heterocycles. The van der Waals surface area contributed by atoms with Crippen LogP contribution in [-0.2, 0) is 0 Å². The summed E-state index contributed by atoms with van der Waals surface area (Å²) in [6, 6.07) is 33.5. The van der Waals surface area contributed by atoms with Gasteiger partial charge in [-0.25, -0.2) is 0 Å². The van der Waals surface area contributed by atoms with Crippen molar-refractivity contribution >= 4 is 102 Å². The quantitative estimate of drug-likeness (QED) is 0.120. The van der Waals surface area contributed by atoms with Crippen LogP contribution >= 0.6 is 23.5 Å². The van der Waals surface area contributed by atoms with Crippen molar-refractivity contribution in [2.24, 2.45) is 0 Å². The standard InChI is InChI=1S/C46H27N5OS2/c1-4-6-7-8-9-12-28-52-37-25-23-36(24-26-37)51(35-21-16-31(3)17-22-35)42-27-20-32(38-14-10-11-15-39(38)42)18-19-34-30-41-40(46-44(34)48-54-50-46)29-33(13-5-2)43-45(41)49-53-47-43/h1,5,10-11,13-27,29-30H,2-3H3. The van der Waals surface area contributed by atoms with Gasteiger partial charge in [0, 0.05) is 56.4 Å². The lowest BCUT2D eigenvalue weighted by Gasteiger charge is -2.27. The van der Waals surface area contributed by atoms with Gasteiger partial charge in [0.05, 0.1) is 29.1 Å². The summed E-state index contributed by atoms with van der Waals surface area (Å²) in [5.74, 6) is 15.5. The highest BCUT2D eigenvalue weighted by Gasteiger charge is 2.18. The lowest BCUT2D eigenvalue weighted by molar-refractivity contribution is 0.520. The Bertz CT molecular complexity index is 3020. The van der Waals surface area contributed by atoms with E-state index < -0.39 is 0 Å². The number of benzene rings is 6. The predicted molar refractivity (Wildman–Crippen MR) is 226 cm³/mol. The zero-order chi connectivity index (χ0) is 36.9. The molecule has 0 atom stereocenters. The molecule has 6 nitrogen and oxygen atoms in total. The first-order chi connectivity index (χ1) is 26.6. The van der Waals surface area contributed by atoms with Crippen molar-refractivity contribution in [1.82, 2.24) is 17.5 Å². The number of terminal acetylenes is 1. The van der Waals surface area contributed by atoms with Gasteiger partial charge in [-0.05, 0) is 97.2 Å². The van der Waals surface area contributed by atoms with Crippen molar-refractivity contribution in [3.05, 3.63) is 125 Å². The maximum atomic E-state index is 5.61. The zero-order valence-corrected chi connectivity index (χ0v) is 30.7. The van der Waals surface area contributed by atoms with Gasteiger partial charge >= 0.3 is 0 Å². The van der Waals surface area contributed by atoms with E-state index in [2.05, 4.69) is 149 Å². The maximum absolute atomic E-state index is 5.61. The molecule has 0 amide bonds. The van der Waals surface area contributed by atoms with Crippen molar-refractivity contribution in [2.45, 2.75) is 13.8 Å². The molecule has 6 aromatic carbocycles. The highest BCUT2D eigenvalue weighted by Crippen LogP contribution is 2.41. The second kappa shape index (κ2) is 15.2. The van der Waals surface area contributed by atoms with E-state index in [0.717, 1.165) is 77.4 Å². The molecule has 0 spiro atoms. The van der Waals surface area contributed by atoms with Crippen molar-refractivity contribution in [3.63, 3.8) is 0 Å². The smallest absolute Gasteiger partial charge is 0.140 e. The summed E-state index contributed by atoms with van der Waals surface area (Å²) in [7, 11) is 0. The summed E-state index contributed by atoms with van der Waals surface area (Å²) in [4.78, 5) is 2.25. The normalized spacial score (nSPS) is 10.9. The lowest BCUT2D eigenvalue weighted by Crippen LogP contribution is -2.10. The summed E-state index contributed by atoms with van der Waals surface area (Å²) in [5, 5.41) is 4.26. The van der Waals surface area contributed by atoms with E-state index in [4.69, 9.17) is 24.3 Å². The Morgan fingerprint density at radius 1 is 0.593 bits per heavy atom. The molecule has 8 heteroatoms. The average molecular weight is 730 g/mol. The third-order valence-corrected chi connectivity index (χ3v) is 9.87. The number of ether oxygens (including phenoxy) is 1. The lowest BCUT2D eigenvalue weighted by atomic mass is 9.98. The van der Waals surface area contributed by atoms with E-state index in [1.807, 2.05) is 37.3 Å². The minimum Gasteiger partial charge on any atom is -0.407 e. The minimum absolute atomic E-state index is 0.597. The molecule has 2 aromatic heterocycles. The molecular formula is C46H27N5OS2. The van der Waals surface area contributed by atoms with Crippen LogP contribution in [0.1, 0.15) is 29.2 Å². The number of allylic oxidation sites excluding steroid dienone is 1. The van der Waals surface area contributed by atoms with Crippen molar-refractivity contribution in [1.29, 1.82) is 0 Å². The first-order valence-electron chi connectivity index (χ1n) is 16.9. The molecule has 0 aliphatic heterocycles. The molecule has 8 aromatic rings. The van der Waals surface area contributed by atoms with Crippen LogP contribution in [0.5, 0.6) is 5.75 Å². The molecule has 0 saturated carbocycles. The molecule has 0 radical (unpaired) electrons. The fourth-order valence-corrected chi connectivity index (χ4v) is 7.55. The number of fused-ring (bicyclic) bond motifs is 6. The molecule has 8 rings (SSSR count). The van der Waals surface area contributed by atoms with Crippen LogP contribution in [0.3, 0.4) is 0 Å². The summed E-state index contributed by atoms with van der Waals surface area (Å²) in [5.41, 5.74) is 10.8. The zero-order valence-electron chi connectivity index (χ0n) is 29.1. The Morgan fingerprint density at radius 3 is 1.83 bits per heavy atom. The van der Waals surface area contributed by atoms with Crippen molar-refractivity contribution in [2.75, 3.05) is 4.90 Å². The van der Waals surface area contributed by atoms with Crippen LogP contribution in [-0.4, -0.2) is 17.5 Å². The molecule has 0 fully saturated rings. The maximum Gasteiger partial charge on any atom is 0.140 e. The number of hydrogen-bond acceptors (Lipinski definition) is 8. The second-order valence-electron chi connectivity index (χ2n) is 12.1. The third kappa shape index (κ3) is 6.64.